The van der Waals surface area contributed by atoms with E-state index in [1.807, 2.05) is 37.3 Å². The smallest absolute Gasteiger partial charge is 0.254 e. The molecular formula is C20H17N3O2. The van der Waals surface area contributed by atoms with E-state index in [9.17, 15) is 9.90 Å². The second-order valence-electron chi connectivity index (χ2n) is 6.27. The summed E-state index contributed by atoms with van der Waals surface area (Å²) in [7, 11) is 1.80. The van der Waals surface area contributed by atoms with Crippen LogP contribution in [-0.2, 0) is 6.54 Å². The minimum Gasteiger partial charge on any atom is -0.507 e. The van der Waals surface area contributed by atoms with E-state index in [0.29, 0.717) is 17.9 Å². The average molecular weight is 331 g/mol. The number of rotatable bonds is 2. The number of fused-ring (bicyclic) bond motifs is 1. The number of amides is 1. The van der Waals surface area contributed by atoms with Gasteiger partial charge in [0.15, 0.2) is 5.82 Å². The van der Waals surface area contributed by atoms with E-state index in [0.717, 1.165) is 28.1 Å². The molecule has 0 fully saturated rings. The molecule has 25 heavy (non-hydrogen) atoms. The lowest BCUT2D eigenvalue weighted by atomic mass is 10.0. The first-order chi connectivity index (χ1) is 12.0. The Morgan fingerprint density at radius 3 is 2.64 bits per heavy atom. The SMILES string of the molecule is Cc1cc(-c2ccc3c(c2)CN(C)C3=O)nc(-c2ccccc2O)n1. The molecule has 5 nitrogen and oxygen atoms in total. The minimum atomic E-state index is 0.0512. The van der Waals surface area contributed by atoms with Crippen molar-refractivity contribution >= 4 is 5.91 Å². The number of benzene rings is 2. The molecule has 0 saturated carbocycles. The second kappa shape index (κ2) is 5.70. The number of aromatic hydroxyl groups is 1. The van der Waals surface area contributed by atoms with Crippen LogP contribution >= 0.6 is 0 Å². The lowest BCUT2D eigenvalue weighted by molar-refractivity contribution is 0.0816. The van der Waals surface area contributed by atoms with E-state index >= 15 is 0 Å². The molecule has 1 amide bonds. The van der Waals surface area contributed by atoms with Crippen LogP contribution in [0, 0.1) is 6.92 Å². The van der Waals surface area contributed by atoms with Gasteiger partial charge in [0, 0.05) is 30.4 Å². The zero-order chi connectivity index (χ0) is 17.6. The third kappa shape index (κ3) is 2.63. The number of aryl methyl sites for hydroxylation is 1. The molecule has 5 heteroatoms. The monoisotopic (exact) mass is 331 g/mol. The molecule has 0 aliphatic carbocycles. The molecule has 2 aromatic carbocycles. The van der Waals surface area contributed by atoms with Gasteiger partial charge in [-0.15, -0.1) is 0 Å². The van der Waals surface area contributed by atoms with Crippen LogP contribution in [-0.4, -0.2) is 32.9 Å². The molecule has 1 aliphatic heterocycles. The van der Waals surface area contributed by atoms with Crippen molar-refractivity contribution in [1.29, 1.82) is 0 Å². The lowest BCUT2D eigenvalue weighted by Crippen LogP contribution is -2.17. The van der Waals surface area contributed by atoms with Gasteiger partial charge in [-0.05, 0) is 42.8 Å². The summed E-state index contributed by atoms with van der Waals surface area (Å²) in [4.78, 5) is 22.8. The summed E-state index contributed by atoms with van der Waals surface area (Å²) in [5.41, 5.74) is 4.88. The fraction of sp³-hybridized carbons (Fsp3) is 0.150. The minimum absolute atomic E-state index is 0.0512. The Balaban J connectivity index is 1.81. The Kier molecular flexibility index (Phi) is 3.50. The van der Waals surface area contributed by atoms with Crippen LogP contribution in [0.25, 0.3) is 22.6 Å². The molecule has 0 bridgehead atoms. The standard InChI is InChI=1S/C20H17N3O2/c1-12-9-17(22-19(21-12)16-5-3-4-6-18(16)24)13-7-8-15-14(10-13)11-23(2)20(15)25/h3-10,24H,11H2,1-2H3. The number of hydrogen-bond acceptors (Lipinski definition) is 4. The van der Waals surface area contributed by atoms with Crippen molar-refractivity contribution in [3.05, 3.63) is 65.4 Å². The zero-order valence-corrected chi connectivity index (χ0v) is 14.0. The molecule has 3 aromatic rings. The van der Waals surface area contributed by atoms with Crippen molar-refractivity contribution in [2.45, 2.75) is 13.5 Å². The quantitative estimate of drug-likeness (QED) is 0.781. The van der Waals surface area contributed by atoms with E-state index in [1.165, 1.54) is 0 Å². The van der Waals surface area contributed by atoms with Crippen LogP contribution in [0.3, 0.4) is 0 Å². The van der Waals surface area contributed by atoms with Crippen molar-refractivity contribution in [3.8, 4) is 28.4 Å². The first-order valence-electron chi connectivity index (χ1n) is 8.06. The van der Waals surface area contributed by atoms with E-state index in [1.54, 1.807) is 30.1 Å². The highest BCUT2D eigenvalue weighted by Crippen LogP contribution is 2.30. The van der Waals surface area contributed by atoms with Crippen LogP contribution < -0.4 is 0 Å². The number of carbonyl (C=O) groups is 1. The third-order valence-corrected chi connectivity index (χ3v) is 4.38. The van der Waals surface area contributed by atoms with Crippen molar-refractivity contribution in [3.63, 3.8) is 0 Å². The van der Waals surface area contributed by atoms with Gasteiger partial charge < -0.3 is 10.0 Å². The van der Waals surface area contributed by atoms with Gasteiger partial charge in [0.25, 0.3) is 5.91 Å². The molecular weight excluding hydrogens is 314 g/mol. The molecule has 0 unspecified atom stereocenters. The maximum atomic E-state index is 12.0. The molecule has 124 valence electrons. The topological polar surface area (TPSA) is 66.3 Å². The van der Waals surface area contributed by atoms with Gasteiger partial charge in [-0.25, -0.2) is 9.97 Å². The number of hydrogen-bond donors (Lipinski definition) is 1. The lowest BCUT2D eigenvalue weighted by Gasteiger charge is -2.08. The molecule has 0 saturated heterocycles. The van der Waals surface area contributed by atoms with Crippen molar-refractivity contribution < 1.29 is 9.90 Å². The summed E-state index contributed by atoms with van der Waals surface area (Å²) >= 11 is 0. The van der Waals surface area contributed by atoms with Crippen molar-refractivity contribution in [2.75, 3.05) is 7.05 Å². The van der Waals surface area contributed by atoms with Crippen molar-refractivity contribution in [1.82, 2.24) is 14.9 Å². The number of aromatic nitrogens is 2. The highest BCUT2D eigenvalue weighted by atomic mass is 16.3. The molecule has 0 spiro atoms. The summed E-state index contributed by atoms with van der Waals surface area (Å²) in [5, 5.41) is 10.1. The van der Waals surface area contributed by atoms with Crippen LogP contribution in [0.2, 0.25) is 0 Å². The Labute approximate surface area is 145 Å². The summed E-state index contributed by atoms with van der Waals surface area (Å²) in [6, 6.07) is 14.7. The molecule has 0 radical (unpaired) electrons. The van der Waals surface area contributed by atoms with Gasteiger partial charge in [-0.2, -0.15) is 0 Å². The molecule has 0 atom stereocenters. The van der Waals surface area contributed by atoms with Gasteiger partial charge in [0.1, 0.15) is 5.75 Å². The largest absolute Gasteiger partial charge is 0.507 e. The Morgan fingerprint density at radius 1 is 1.04 bits per heavy atom. The summed E-state index contributed by atoms with van der Waals surface area (Å²) in [6.07, 6.45) is 0. The molecule has 2 heterocycles. The van der Waals surface area contributed by atoms with Gasteiger partial charge in [-0.3, -0.25) is 4.79 Å². The Morgan fingerprint density at radius 2 is 1.84 bits per heavy atom. The fourth-order valence-corrected chi connectivity index (χ4v) is 3.13. The predicted octanol–water partition coefficient (Wildman–Crippen LogP) is 3.41. The van der Waals surface area contributed by atoms with Crippen LogP contribution in [0.5, 0.6) is 5.75 Å². The number of nitrogens with zero attached hydrogens (tertiary/aromatic N) is 3. The van der Waals surface area contributed by atoms with E-state index in [-0.39, 0.29) is 11.7 Å². The predicted molar refractivity (Wildman–Crippen MR) is 95.1 cm³/mol. The van der Waals surface area contributed by atoms with Gasteiger partial charge in [0.2, 0.25) is 0 Å². The highest BCUT2D eigenvalue weighted by molar-refractivity contribution is 5.98. The van der Waals surface area contributed by atoms with Gasteiger partial charge >= 0.3 is 0 Å². The maximum Gasteiger partial charge on any atom is 0.254 e. The second-order valence-corrected chi connectivity index (χ2v) is 6.27. The molecule has 1 N–H and O–H groups in total. The summed E-state index contributed by atoms with van der Waals surface area (Å²) in [5.74, 6) is 0.692. The van der Waals surface area contributed by atoms with Crippen molar-refractivity contribution in [2.24, 2.45) is 0 Å². The number of carbonyl (C=O) groups excluding carboxylic acids is 1. The average Bonchev–Trinajstić information content (AvgIpc) is 2.88. The van der Waals surface area contributed by atoms with E-state index in [4.69, 9.17) is 0 Å². The van der Waals surface area contributed by atoms with Crippen LogP contribution in [0.4, 0.5) is 0 Å². The maximum absolute atomic E-state index is 12.0. The van der Waals surface area contributed by atoms with Crippen LogP contribution in [0.1, 0.15) is 21.6 Å². The van der Waals surface area contributed by atoms with Gasteiger partial charge in [-0.1, -0.05) is 18.2 Å². The fourth-order valence-electron chi connectivity index (χ4n) is 3.13. The Bertz CT molecular complexity index is 998. The number of phenols is 1. The molecule has 1 aromatic heterocycles. The third-order valence-electron chi connectivity index (χ3n) is 4.38. The van der Waals surface area contributed by atoms with Crippen LogP contribution in [0.15, 0.2) is 48.5 Å². The normalized spacial score (nSPS) is 13.2. The van der Waals surface area contributed by atoms with E-state index in [2.05, 4.69) is 9.97 Å². The molecule has 4 rings (SSSR count). The van der Waals surface area contributed by atoms with E-state index < -0.39 is 0 Å². The molecule has 1 aliphatic rings. The first-order valence-corrected chi connectivity index (χ1v) is 8.06. The summed E-state index contributed by atoms with van der Waals surface area (Å²) < 4.78 is 0. The zero-order valence-electron chi connectivity index (χ0n) is 14.0. The highest BCUT2D eigenvalue weighted by Gasteiger charge is 2.24. The Hall–Kier alpha value is -3.21. The first kappa shape index (κ1) is 15.3. The summed E-state index contributed by atoms with van der Waals surface area (Å²) in [6.45, 7) is 2.51. The number of phenolic OH excluding ortho intramolecular Hbond substituents is 1. The number of para-hydroxylation sites is 1. The van der Waals surface area contributed by atoms with Gasteiger partial charge in [0.05, 0.1) is 11.3 Å².